The standard InChI is InChI=1S/C25H34N2O4S/c1-18(2)22-6-5-7-23(19(3)4)25(22)26-24(28)13-10-20-8-11-21(12-9-20)32(29,30)27-14-16-31-17-15-27/h5-9,11-12,18-19H,10,13-17H2,1-4H3,(H,26,28). The van der Waals surface area contributed by atoms with Crippen molar-refractivity contribution in [2.45, 2.75) is 57.3 Å². The Morgan fingerprint density at radius 2 is 1.53 bits per heavy atom. The van der Waals surface area contributed by atoms with Crippen LogP contribution < -0.4 is 5.32 Å². The molecular formula is C25H34N2O4S. The van der Waals surface area contributed by atoms with E-state index in [2.05, 4.69) is 45.1 Å². The normalized spacial score (nSPS) is 15.3. The Morgan fingerprint density at radius 1 is 0.969 bits per heavy atom. The lowest BCUT2D eigenvalue weighted by atomic mass is 9.92. The van der Waals surface area contributed by atoms with Crippen LogP contribution in [0.3, 0.4) is 0 Å². The number of para-hydroxylation sites is 1. The summed E-state index contributed by atoms with van der Waals surface area (Å²) in [6.45, 7) is 10.1. The van der Waals surface area contributed by atoms with Crippen molar-refractivity contribution in [2.24, 2.45) is 0 Å². The van der Waals surface area contributed by atoms with E-state index in [9.17, 15) is 13.2 Å². The van der Waals surface area contributed by atoms with Gasteiger partial charge in [0.05, 0.1) is 18.1 Å². The second-order valence-corrected chi connectivity index (χ2v) is 10.8. The summed E-state index contributed by atoms with van der Waals surface area (Å²) >= 11 is 0. The van der Waals surface area contributed by atoms with E-state index < -0.39 is 10.0 Å². The fourth-order valence-electron chi connectivity index (χ4n) is 3.92. The van der Waals surface area contributed by atoms with E-state index in [0.29, 0.717) is 51.0 Å². The van der Waals surface area contributed by atoms with Gasteiger partial charge in [0, 0.05) is 25.2 Å². The van der Waals surface area contributed by atoms with Crippen molar-refractivity contribution in [2.75, 3.05) is 31.6 Å². The van der Waals surface area contributed by atoms with E-state index in [1.165, 1.54) is 4.31 Å². The molecule has 0 saturated carbocycles. The maximum Gasteiger partial charge on any atom is 0.243 e. The highest BCUT2D eigenvalue weighted by Gasteiger charge is 2.26. The largest absolute Gasteiger partial charge is 0.379 e. The van der Waals surface area contributed by atoms with E-state index in [-0.39, 0.29) is 10.8 Å². The molecule has 0 aliphatic carbocycles. The number of nitrogens with zero attached hydrogens (tertiary/aromatic N) is 1. The second-order valence-electron chi connectivity index (χ2n) is 8.83. The van der Waals surface area contributed by atoms with E-state index in [1.54, 1.807) is 24.3 Å². The summed E-state index contributed by atoms with van der Waals surface area (Å²) in [5, 5.41) is 3.14. The Balaban J connectivity index is 1.65. The van der Waals surface area contributed by atoms with Crippen molar-refractivity contribution in [3.05, 3.63) is 59.2 Å². The minimum Gasteiger partial charge on any atom is -0.379 e. The number of hydrogen-bond donors (Lipinski definition) is 1. The van der Waals surface area contributed by atoms with Crippen LogP contribution in [0.2, 0.25) is 0 Å². The van der Waals surface area contributed by atoms with Gasteiger partial charge in [-0.1, -0.05) is 58.0 Å². The minimum absolute atomic E-state index is 0.0370. The molecule has 1 aliphatic rings. The highest BCUT2D eigenvalue weighted by atomic mass is 32.2. The molecule has 2 aromatic carbocycles. The highest BCUT2D eigenvalue weighted by Crippen LogP contribution is 2.32. The summed E-state index contributed by atoms with van der Waals surface area (Å²) in [4.78, 5) is 13.0. The number of carbonyl (C=O) groups is 1. The molecule has 1 heterocycles. The molecule has 1 N–H and O–H groups in total. The van der Waals surface area contributed by atoms with Crippen molar-refractivity contribution in [1.82, 2.24) is 4.31 Å². The Bertz CT molecular complexity index is 998. The Hall–Kier alpha value is -2.22. The summed E-state index contributed by atoms with van der Waals surface area (Å²) in [6, 6.07) is 13.0. The molecule has 0 aromatic heterocycles. The van der Waals surface area contributed by atoms with Crippen LogP contribution >= 0.6 is 0 Å². The number of hydrogen-bond acceptors (Lipinski definition) is 4. The first-order valence-electron chi connectivity index (χ1n) is 11.3. The summed E-state index contributed by atoms with van der Waals surface area (Å²) in [6.07, 6.45) is 0.879. The highest BCUT2D eigenvalue weighted by molar-refractivity contribution is 7.89. The number of benzene rings is 2. The number of morpholine rings is 1. The molecule has 7 heteroatoms. The van der Waals surface area contributed by atoms with Gasteiger partial charge in [0.1, 0.15) is 0 Å². The molecule has 1 fully saturated rings. The fourth-order valence-corrected chi connectivity index (χ4v) is 5.33. The molecule has 1 saturated heterocycles. The first kappa shape index (κ1) is 24.4. The van der Waals surface area contributed by atoms with Gasteiger partial charge >= 0.3 is 0 Å². The molecule has 0 spiro atoms. The summed E-state index contributed by atoms with van der Waals surface area (Å²) < 4.78 is 32.2. The van der Waals surface area contributed by atoms with Crippen LogP contribution in [0.25, 0.3) is 0 Å². The summed E-state index contributed by atoms with van der Waals surface area (Å²) in [7, 11) is -3.50. The number of aryl methyl sites for hydroxylation is 1. The molecule has 6 nitrogen and oxygen atoms in total. The van der Waals surface area contributed by atoms with Crippen molar-refractivity contribution in [3.63, 3.8) is 0 Å². The minimum atomic E-state index is -3.50. The summed E-state index contributed by atoms with van der Waals surface area (Å²) in [5.74, 6) is 0.583. The van der Waals surface area contributed by atoms with Gasteiger partial charge in [-0.15, -0.1) is 0 Å². The number of sulfonamides is 1. The van der Waals surface area contributed by atoms with Gasteiger partial charge in [-0.3, -0.25) is 4.79 Å². The van der Waals surface area contributed by atoms with Gasteiger partial charge in [0.15, 0.2) is 0 Å². The molecule has 0 bridgehead atoms. The van der Waals surface area contributed by atoms with Crippen molar-refractivity contribution >= 4 is 21.6 Å². The maximum atomic E-state index is 12.7. The number of anilines is 1. The second kappa shape index (κ2) is 10.6. The van der Waals surface area contributed by atoms with Crippen LogP contribution in [0.1, 0.15) is 62.6 Å². The van der Waals surface area contributed by atoms with Crippen molar-refractivity contribution in [1.29, 1.82) is 0 Å². The number of rotatable bonds is 8. The molecule has 0 radical (unpaired) electrons. The average Bonchev–Trinajstić information content (AvgIpc) is 2.78. The molecule has 3 rings (SSSR count). The van der Waals surface area contributed by atoms with Gasteiger partial charge < -0.3 is 10.1 Å². The Morgan fingerprint density at radius 3 is 2.06 bits per heavy atom. The predicted molar refractivity (Wildman–Crippen MR) is 128 cm³/mol. The van der Waals surface area contributed by atoms with E-state index in [0.717, 1.165) is 22.4 Å². The number of amides is 1. The molecule has 0 unspecified atom stereocenters. The zero-order valence-corrected chi connectivity index (χ0v) is 20.2. The lowest BCUT2D eigenvalue weighted by Crippen LogP contribution is -2.40. The molecule has 174 valence electrons. The van der Waals surface area contributed by atoms with E-state index in [4.69, 9.17) is 4.74 Å². The van der Waals surface area contributed by atoms with Gasteiger partial charge in [-0.05, 0) is 47.1 Å². The van der Waals surface area contributed by atoms with Crippen LogP contribution in [0, 0.1) is 0 Å². The zero-order valence-electron chi connectivity index (χ0n) is 19.4. The van der Waals surface area contributed by atoms with Crippen LogP contribution in [0.4, 0.5) is 5.69 Å². The first-order chi connectivity index (χ1) is 15.2. The van der Waals surface area contributed by atoms with Gasteiger partial charge in [-0.2, -0.15) is 4.31 Å². The first-order valence-corrected chi connectivity index (χ1v) is 12.7. The zero-order chi connectivity index (χ0) is 23.3. The summed E-state index contributed by atoms with van der Waals surface area (Å²) in [5.41, 5.74) is 4.14. The topological polar surface area (TPSA) is 75.7 Å². The maximum absolute atomic E-state index is 12.7. The van der Waals surface area contributed by atoms with Crippen LogP contribution in [-0.4, -0.2) is 44.9 Å². The molecule has 1 amide bonds. The van der Waals surface area contributed by atoms with Crippen molar-refractivity contribution < 1.29 is 17.9 Å². The third-order valence-corrected chi connectivity index (χ3v) is 7.72. The average molecular weight is 459 g/mol. The number of carbonyl (C=O) groups excluding carboxylic acids is 1. The van der Waals surface area contributed by atoms with Crippen LogP contribution in [0.5, 0.6) is 0 Å². The number of ether oxygens (including phenoxy) is 1. The number of nitrogens with one attached hydrogen (secondary N) is 1. The SMILES string of the molecule is CC(C)c1cccc(C(C)C)c1NC(=O)CCc1ccc(S(=O)(=O)N2CCOCC2)cc1. The monoisotopic (exact) mass is 458 g/mol. The smallest absolute Gasteiger partial charge is 0.243 e. The molecule has 0 atom stereocenters. The quantitative estimate of drug-likeness (QED) is 0.631. The van der Waals surface area contributed by atoms with E-state index >= 15 is 0 Å². The molecule has 1 aliphatic heterocycles. The van der Waals surface area contributed by atoms with E-state index in [1.807, 2.05) is 6.07 Å². The Kier molecular flexibility index (Phi) is 8.09. The van der Waals surface area contributed by atoms with Gasteiger partial charge in [0.2, 0.25) is 15.9 Å². The van der Waals surface area contributed by atoms with Gasteiger partial charge in [-0.25, -0.2) is 8.42 Å². The predicted octanol–water partition coefficient (Wildman–Crippen LogP) is 4.53. The fraction of sp³-hybridized carbons (Fsp3) is 0.480. The third-order valence-electron chi connectivity index (χ3n) is 5.81. The van der Waals surface area contributed by atoms with Gasteiger partial charge in [0.25, 0.3) is 0 Å². The lowest BCUT2D eigenvalue weighted by Gasteiger charge is -2.26. The van der Waals surface area contributed by atoms with Crippen LogP contribution in [0.15, 0.2) is 47.4 Å². The Labute approximate surface area is 192 Å². The van der Waals surface area contributed by atoms with Crippen molar-refractivity contribution in [3.8, 4) is 0 Å². The third kappa shape index (κ3) is 5.77. The lowest BCUT2D eigenvalue weighted by molar-refractivity contribution is -0.116. The molecule has 32 heavy (non-hydrogen) atoms. The van der Waals surface area contributed by atoms with Crippen LogP contribution in [-0.2, 0) is 26.0 Å². The molecular weight excluding hydrogens is 424 g/mol. The molecule has 2 aromatic rings.